The second-order valence-electron chi connectivity index (χ2n) is 6.63. The van der Waals surface area contributed by atoms with E-state index in [0.717, 1.165) is 16.3 Å². The molecular formula is C22H23N3O4S2. The van der Waals surface area contributed by atoms with E-state index in [1.54, 1.807) is 29.5 Å². The number of sulfonamides is 1. The summed E-state index contributed by atoms with van der Waals surface area (Å²) in [5.74, 6) is 0.405. The standard InChI is InChI=1S/C22H23N3O4S2/c1-16-25-19(15-30-16)14-29-20-7-3-5-17(11-20)9-10-22(26)24-13-18-6-4-8-21(12-18)31(27,28)23-2/h3-12,15,23H,13-14H2,1-2H3,(H,24,26)/b10-9+. The van der Waals surface area contributed by atoms with Crippen molar-refractivity contribution in [1.82, 2.24) is 15.0 Å². The maximum absolute atomic E-state index is 12.2. The lowest BCUT2D eigenvalue weighted by molar-refractivity contribution is -0.116. The number of amides is 1. The molecule has 0 unspecified atom stereocenters. The molecule has 0 saturated carbocycles. The van der Waals surface area contributed by atoms with Crippen LogP contribution in [0.2, 0.25) is 0 Å². The molecule has 3 aromatic rings. The monoisotopic (exact) mass is 457 g/mol. The van der Waals surface area contributed by atoms with E-state index in [-0.39, 0.29) is 17.3 Å². The number of carbonyl (C=O) groups is 1. The van der Waals surface area contributed by atoms with E-state index in [1.807, 2.05) is 36.6 Å². The van der Waals surface area contributed by atoms with Crippen molar-refractivity contribution in [2.24, 2.45) is 0 Å². The van der Waals surface area contributed by atoms with Crippen LogP contribution in [0.25, 0.3) is 6.08 Å². The Morgan fingerprint density at radius 2 is 2.00 bits per heavy atom. The van der Waals surface area contributed by atoms with Crippen LogP contribution in [0.3, 0.4) is 0 Å². The fourth-order valence-corrected chi connectivity index (χ4v) is 4.10. The number of nitrogens with zero attached hydrogens (tertiary/aromatic N) is 1. The Hall–Kier alpha value is -3.01. The molecule has 1 aromatic heterocycles. The largest absolute Gasteiger partial charge is 0.487 e. The van der Waals surface area contributed by atoms with Gasteiger partial charge in [0.15, 0.2) is 0 Å². The highest BCUT2D eigenvalue weighted by atomic mass is 32.2. The first-order valence-electron chi connectivity index (χ1n) is 9.48. The van der Waals surface area contributed by atoms with Gasteiger partial charge >= 0.3 is 0 Å². The number of ether oxygens (including phenoxy) is 1. The summed E-state index contributed by atoms with van der Waals surface area (Å²) >= 11 is 1.58. The molecule has 0 saturated heterocycles. The number of aryl methyl sites for hydroxylation is 1. The molecule has 0 fully saturated rings. The van der Waals surface area contributed by atoms with Crippen molar-refractivity contribution in [3.63, 3.8) is 0 Å². The van der Waals surface area contributed by atoms with Crippen LogP contribution in [0.15, 0.2) is 64.9 Å². The van der Waals surface area contributed by atoms with Gasteiger partial charge in [0.1, 0.15) is 12.4 Å². The predicted octanol–water partition coefficient (Wildman–Crippen LogP) is 3.27. The van der Waals surface area contributed by atoms with Crippen LogP contribution < -0.4 is 14.8 Å². The van der Waals surface area contributed by atoms with Crippen molar-refractivity contribution >= 4 is 33.3 Å². The summed E-state index contributed by atoms with van der Waals surface area (Å²) in [7, 11) is -2.17. The summed E-state index contributed by atoms with van der Waals surface area (Å²) in [6, 6.07) is 13.8. The SMILES string of the molecule is CNS(=O)(=O)c1cccc(CNC(=O)/C=C/c2cccc(OCc3csc(C)n3)c2)c1. The Morgan fingerprint density at radius 3 is 2.74 bits per heavy atom. The average molecular weight is 458 g/mol. The molecule has 0 radical (unpaired) electrons. The van der Waals surface area contributed by atoms with E-state index in [0.29, 0.717) is 17.9 Å². The lowest BCUT2D eigenvalue weighted by Crippen LogP contribution is -2.21. The Morgan fingerprint density at radius 1 is 1.19 bits per heavy atom. The molecule has 1 heterocycles. The molecule has 2 aromatic carbocycles. The van der Waals surface area contributed by atoms with Gasteiger partial charge < -0.3 is 10.1 Å². The first-order chi connectivity index (χ1) is 14.9. The molecule has 162 valence electrons. The highest BCUT2D eigenvalue weighted by Gasteiger charge is 2.11. The Bertz CT molecular complexity index is 1190. The fraction of sp³-hybridized carbons (Fsp3) is 0.182. The summed E-state index contributed by atoms with van der Waals surface area (Å²) in [4.78, 5) is 16.7. The van der Waals surface area contributed by atoms with Gasteiger partial charge in [-0.2, -0.15) is 0 Å². The quantitative estimate of drug-likeness (QED) is 0.481. The molecule has 0 aliphatic heterocycles. The van der Waals surface area contributed by atoms with Crippen LogP contribution in [0.1, 0.15) is 21.8 Å². The Labute approximate surface area is 185 Å². The molecule has 2 N–H and O–H groups in total. The van der Waals surface area contributed by atoms with E-state index < -0.39 is 10.0 Å². The number of benzene rings is 2. The summed E-state index contributed by atoms with van der Waals surface area (Å²) in [6.45, 7) is 2.55. The van der Waals surface area contributed by atoms with Crippen molar-refractivity contribution in [1.29, 1.82) is 0 Å². The number of hydrogen-bond acceptors (Lipinski definition) is 6. The summed E-state index contributed by atoms with van der Waals surface area (Å²) < 4.78 is 31.8. The van der Waals surface area contributed by atoms with Gasteiger partial charge in [-0.25, -0.2) is 18.1 Å². The van der Waals surface area contributed by atoms with Gasteiger partial charge in [0.2, 0.25) is 15.9 Å². The maximum atomic E-state index is 12.2. The Kier molecular flexibility index (Phi) is 7.56. The molecule has 3 rings (SSSR count). The van der Waals surface area contributed by atoms with Crippen molar-refractivity contribution < 1.29 is 17.9 Å². The van der Waals surface area contributed by atoms with Gasteiger partial charge in [0, 0.05) is 18.0 Å². The third kappa shape index (κ3) is 6.74. The van der Waals surface area contributed by atoms with Gasteiger partial charge in [0.05, 0.1) is 15.6 Å². The number of carbonyl (C=O) groups excluding carboxylic acids is 1. The molecule has 9 heteroatoms. The zero-order valence-electron chi connectivity index (χ0n) is 17.2. The van der Waals surface area contributed by atoms with Crippen LogP contribution in [0.5, 0.6) is 5.75 Å². The third-order valence-electron chi connectivity index (χ3n) is 4.28. The zero-order valence-corrected chi connectivity index (χ0v) is 18.8. The van der Waals surface area contributed by atoms with Gasteiger partial charge in [0.25, 0.3) is 0 Å². The molecule has 7 nitrogen and oxygen atoms in total. The van der Waals surface area contributed by atoms with Gasteiger partial charge in [-0.15, -0.1) is 11.3 Å². The van der Waals surface area contributed by atoms with Crippen molar-refractivity contribution in [3.05, 3.63) is 81.8 Å². The van der Waals surface area contributed by atoms with E-state index in [1.165, 1.54) is 25.3 Å². The minimum absolute atomic E-state index is 0.155. The van der Waals surface area contributed by atoms with Gasteiger partial charge in [-0.05, 0) is 55.4 Å². The molecule has 0 aliphatic rings. The van der Waals surface area contributed by atoms with Gasteiger partial charge in [-0.1, -0.05) is 24.3 Å². The molecule has 0 aliphatic carbocycles. The number of hydrogen-bond donors (Lipinski definition) is 2. The summed E-state index contributed by atoms with van der Waals surface area (Å²) in [6.07, 6.45) is 3.12. The molecule has 0 atom stereocenters. The molecule has 1 amide bonds. The van der Waals surface area contributed by atoms with E-state index in [4.69, 9.17) is 4.74 Å². The highest BCUT2D eigenvalue weighted by molar-refractivity contribution is 7.89. The molecule has 0 spiro atoms. The van der Waals surface area contributed by atoms with Crippen molar-refractivity contribution in [3.8, 4) is 5.75 Å². The topological polar surface area (TPSA) is 97.4 Å². The van der Waals surface area contributed by atoms with Crippen LogP contribution in [-0.2, 0) is 28.0 Å². The molecular weight excluding hydrogens is 434 g/mol. The van der Waals surface area contributed by atoms with Crippen LogP contribution in [-0.4, -0.2) is 26.4 Å². The Balaban J connectivity index is 1.55. The second kappa shape index (κ2) is 10.3. The zero-order chi connectivity index (χ0) is 22.3. The highest BCUT2D eigenvalue weighted by Crippen LogP contribution is 2.17. The smallest absolute Gasteiger partial charge is 0.244 e. The van der Waals surface area contributed by atoms with Crippen LogP contribution in [0, 0.1) is 6.92 Å². The number of nitrogens with one attached hydrogen (secondary N) is 2. The van der Waals surface area contributed by atoms with Crippen molar-refractivity contribution in [2.45, 2.75) is 25.0 Å². The summed E-state index contributed by atoms with van der Waals surface area (Å²) in [5, 5.41) is 5.71. The number of rotatable bonds is 9. The first-order valence-corrected chi connectivity index (χ1v) is 11.8. The molecule has 0 bridgehead atoms. The normalized spacial score (nSPS) is 11.5. The first kappa shape index (κ1) is 22.7. The minimum Gasteiger partial charge on any atom is -0.487 e. The molecule has 31 heavy (non-hydrogen) atoms. The van der Waals surface area contributed by atoms with E-state index >= 15 is 0 Å². The number of aromatic nitrogens is 1. The van der Waals surface area contributed by atoms with Gasteiger partial charge in [-0.3, -0.25) is 4.79 Å². The fourth-order valence-electron chi connectivity index (χ4n) is 2.70. The van der Waals surface area contributed by atoms with Crippen LogP contribution in [0.4, 0.5) is 0 Å². The number of thiazole rings is 1. The van der Waals surface area contributed by atoms with Crippen LogP contribution >= 0.6 is 11.3 Å². The average Bonchev–Trinajstić information content (AvgIpc) is 3.20. The third-order valence-corrected chi connectivity index (χ3v) is 6.52. The maximum Gasteiger partial charge on any atom is 0.244 e. The predicted molar refractivity (Wildman–Crippen MR) is 121 cm³/mol. The second-order valence-corrected chi connectivity index (χ2v) is 9.57. The lowest BCUT2D eigenvalue weighted by atomic mass is 10.2. The lowest BCUT2D eigenvalue weighted by Gasteiger charge is -2.07. The van der Waals surface area contributed by atoms with E-state index in [9.17, 15) is 13.2 Å². The van der Waals surface area contributed by atoms with E-state index in [2.05, 4.69) is 15.0 Å². The summed E-state index contributed by atoms with van der Waals surface area (Å²) in [5.41, 5.74) is 2.39. The minimum atomic E-state index is -3.52. The van der Waals surface area contributed by atoms with Crippen molar-refractivity contribution in [2.75, 3.05) is 7.05 Å².